The van der Waals surface area contributed by atoms with Crippen LogP contribution in [0.15, 0.2) is 47.5 Å². The Balaban J connectivity index is 1.63. The van der Waals surface area contributed by atoms with Crippen LogP contribution in [-0.2, 0) is 17.8 Å². The molecule has 8 nitrogen and oxygen atoms in total. The van der Waals surface area contributed by atoms with Crippen molar-refractivity contribution >= 4 is 23.5 Å². The Morgan fingerprint density at radius 1 is 1.16 bits per heavy atom. The Morgan fingerprint density at radius 3 is 2.48 bits per heavy atom. The summed E-state index contributed by atoms with van der Waals surface area (Å²) in [5.74, 6) is -2.03. The van der Waals surface area contributed by atoms with Crippen molar-refractivity contribution in [2.24, 2.45) is 16.5 Å². The summed E-state index contributed by atoms with van der Waals surface area (Å²) in [5.41, 5.74) is 13.6. The van der Waals surface area contributed by atoms with Gasteiger partial charge in [0.25, 0.3) is 5.91 Å². The lowest BCUT2D eigenvalue weighted by Gasteiger charge is -2.21. The van der Waals surface area contributed by atoms with Crippen LogP contribution in [-0.4, -0.2) is 42.1 Å². The molecular formula is C22H26FN5O3. The topological polar surface area (TPSA) is 134 Å². The fraction of sp³-hybridized carbons (Fsp3) is 0.318. The highest BCUT2D eigenvalue weighted by molar-refractivity contribution is 6.05. The summed E-state index contributed by atoms with van der Waals surface area (Å²) < 4.78 is 14.4. The number of benzene rings is 2. The summed E-state index contributed by atoms with van der Waals surface area (Å²) in [6.07, 6.45) is 2.29. The quantitative estimate of drug-likeness (QED) is 0.392. The zero-order chi connectivity index (χ0) is 22.4. The number of hydrogen-bond donors (Lipinski definition) is 4. The van der Waals surface area contributed by atoms with E-state index in [1.54, 1.807) is 30.3 Å². The second-order valence-corrected chi connectivity index (χ2v) is 7.43. The number of anilines is 1. The van der Waals surface area contributed by atoms with Gasteiger partial charge in [0.15, 0.2) is 5.96 Å². The van der Waals surface area contributed by atoms with E-state index in [0.29, 0.717) is 16.7 Å². The summed E-state index contributed by atoms with van der Waals surface area (Å²) in [5, 5.41) is 11.4. The monoisotopic (exact) mass is 427 g/mol. The normalized spacial score (nSPS) is 15.0. The molecule has 0 aromatic heterocycles. The predicted molar refractivity (Wildman–Crippen MR) is 116 cm³/mol. The van der Waals surface area contributed by atoms with Gasteiger partial charge in [0.05, 0.1) is 6.54 Å². The van der Waals surface area contributed by atoms with Crippen LogP contribution < -0.4 is 21.7 Å². The van der Waals surface area contributed by atoms with Crippen LogP contribution in [0.2, 0.25) is 0 Å². The molecule has 2 aromatic rings. The number of carbonyl (C=O) groups excluding carboxylic acids is 1. The molecule has 1 saturated heterocycles. The molecule has 2 aromatic carbocycles. The first kappa shape index (κ1) is 22.2. The lowest BCUT2D eigenvalue weighted by molar-refractivity contribution is -0.138. The van der Waals surface area contributed by atoms with Gasteiger partial charge in [-0.25, -0.2) is 9.38 Å². The van der Waals surface area contributed by atoms with Gasteiger partial charge < -0.3 is 21.5 Å². The van der Waals surface area contributed by atoms with Crippen LogP contribution >= 0.6 is 0 Å². The molecule has 1 aliphatic heterocycles. The summed E-state index contributed by atoms with van der Waals surface area (Å²) in [6.45, 7) is 1.76. The van der Waals surface area contributed by atoms with Crippen LogP contribution in [0.1, 0.15) is 34.3 Å². The molecule has 164 valence electrons. The van der Waals surface area contributed by atoms with E-state index in [1.165, 1.54) is 6.07 Å². The SMILES string of the molecule is NC(=NCc1c(F)cccc1N1CCCC1)NC(=O)c1ccc(C[C@H](N)C(=O)O)cc1. The third kappa shape index (κ3) is 5.79. The van der Waals surface area contributed by atoms with Crippen molar-refractivity contribution in [1.29, 1.82) is 0 Å². The van der Waals surface area contributed by atoms with Crippen molar-refractivity contribution in [3.8, 4) is 0 Å². The molecule has 0 bridgehead atoms. The van der Waals surface area contributed by atoms with Crippen LogP contribution in [0, 0.1) is 5.82 Å². The first-order valence-corrected chi connectivity index (χ1v) is 10.1. The number of halogens is 1. The number of hydrogen-bond acceptors (Lipinski definition) is 5. The van der Waals surface area contributed by atoms with Gasteiger partial charge >= 0.3 is 5.97 Å². The van der Waals surface area contributed by atoms with Crippen molar-refractivity contribution in [2.45, 2.75) is 31.8 Å². The van der Waals surface area contributed by atoms with Gasteiger partial charge in [-0.3, -0.25) is 14.9 Å². The van der Waals surface area contributed by atoms with Crippen LogP contribution in [0.25, 0.3) is 0 Å². The number of guanidine groups is 1. The highest BCUT2D eigenvalue weighted by Crippen LogP contribution is 2.27. The molecule has 0 saturated carbocycles. The number of aliphatic carboxylic acids is 1. The molecular weight excluding hydrogens is 401 g/mol. The van der Waals surface area contributed by atoms with E-state index in [2.05, 4.69) is 15.2 Å². The van der Waals surface area contributed by atoms with Gasteiger partial charge in [0.1, 0.15) is 11.9 Å². The Kier molecular flexibility index (Phi) is 7.19. The van der Waals surface area contributed by atoms with E-state index in [0.717, 1.165) is 31.6 Å². The van der Waals surface area contributed by atoms with Gasteiger partial charge in [0.2, 0.25) is 0 Å². The number of amides is 1. The second-order valence-electron chi connectivity index (χ2n) is 7.43. The molecule has 0 aliphatic carbocycles. The highest BCUT2D eigenvalue weighted by Gasteiger charge is 2.18. The third-order valence-electron chi connectivity index (χ3n) is 5.18. The van der Waals surface area contributed by atoms with Gasteiger partial charge in [-0.1, -0.05) is 18.2 Å². The maximum Gasteiger partial charge on any atom is 0.320 e. The Morgan fingerprint density at radius 2 is 1.84 bits per heavy atom. The molecule has 1 amide bonds. The van der Waals surface area contributed by atoms with Crippen molar-refractivity contribution < 1.29 is 19.1 Å². The Labute approximate surface area is 179 Å². The minimum Gasteiger partial charge on any atom is -0.480 e. The van der Waals surface area contributed by atoms with Crippen molar-refractivity contribution in [2.75, 3.05) is 18.0 Å². The third-order valence-corrected chi connectivity index (χ3v) is 5.18. The number of nitrogens with zero attached hydrogens (tertiary/aromatic N) is 2. The van der Waals surface area contributed by atoms with Gasteiger partial charge in [-0.15, -0.1) is 0 Å². The number of aliphatic imine (C=N–C) groups is 1. The van der Waals surface area contributed by atoms with E-state index in [4.69, 9.17) is 16.6 Å². The standard InChI is InChI=1S/C22H26FN5O3/c23-17-4-3-5-19(28-10-1-2-11-28)16(17)13-26-22(25)27-20(29)15-8-6-14(7-9-15)12-18(24)21(30)31/h3-9,18H,1-2,10-13,24H2,(H,30,31)(H3,25,26,27,29)/t18-/m0/s1. The summed E-state index contributed by atoms with van der Waals surface area (Å²) >= 11 is 0. The zero-order valence-electron chi connectivity index (χ0n) is 17.1. The van der Waals surface area contributed by atoms with Crippen molar-refractivity contribution in [3.05, 3.63) is 65.0 Å². The summed E-state index contributed by atoms with van der Waals surface area (Å²) in [6, 6.07) is 10.3. The number of rotatable bonds is 7. The predicted octanol–water partition coefficient (Wildman–Crippen LogP) is 1.63. The fourth-order valence-corrected chi connectivity index (χ4v) is 3.48. The summed E-state index contributed by atoms with van der Waals surface area (Å²) in [4.78, 5) is 29.5. The molecule has 0 unspecified atom stereocenters. The number of carboxylic acids is 1. The van der Waals surface area contributed by atoms with E-state index in [1.807, 2.05) is 6.07 Å². The van der Waals surface area contributed by atoms with Crippen molar-refractivity contribution in [1.82, 2.24) is 5.32 Å². The maximum absolute atomic E-state index is 14.4. The molecule has 1 atom stereocenters. The van der Waals surface area contributed by atoms with E-state index in [9.17, 15) is 14.0 Å². The molecule has 31 heavy (non-hydrogen) atoms. The molecule has 0 radical (unpaired) electrons. The average Bonchev–Trinajstić information content (AvgIpc) is 3.27. The first-order chi connectivity index (χ1) is 14.8. The number of carboxylic acid groups (broad SMARTS) is 1. The van der Waals surface area contributed by atoms with Crippen molar-refractivity contribution in [3.63, 3.8) is 0 Å². The summed E-state index contributed by atoms with van der Waals surface area (Å²) in [7, 11) is 0. The molecule has 9 heteroatoms. The van der Waals surface area contributed by atoms with E-state index < -0.39 is 17.9 Å². The molecule has 0 spiro atoms. The largest absolute Gasteiger partial charge is 0.480 e. The van der Waals surface area contributed by atoms with E-state index in [-0.39, 0.29) is 24.7 Å². The lowest BCUT2D eigenvalue weighted by Crippen LogP contribution is -2.37. The molecule has 1 fully saturated rings. The first-order valence-electron chi connectivity index (χ1n) is 10.1. The minimum atomic E-state index is -1.09. The van der Waals surface area contributed by atoms with Crippen LogP contribution in [0.3, 0.4) is 0 Å². The van der Waals surface area contributed by atoms with Gasteiger partial charge in [-0.05, 0) is 49.1 Å². The maximum atomic E-state index is 14.4. The Hall–Kier alpha value is -3.46. The zero-order valence-corrected chi connectivity index (χ0v) is 17.1. The average molecular weight is 427 g/mol. The number of carbonyl (C=O) groups is 2. The second kappa shape index (κ2) is 10.0. The van der Waals surface area contributed by atoms with Gasteiger partial charge in [-0.2, -0.15) is 0 Å². The van der Waals surface area contributed by atoms with E-state index >= 15 is 0 Å². The van der Waals surface area contributed by atoms with Crippen LogP contribution in [0.5, 0.6) is 0 Å². The lowest BCUT2D eigenvalue weighted by atomic mass is 10.0. The molecule has 1 aliphatic rings. The number of nitrogens with one attached hydrogen (secondary N) is 1. The van der Waals surface area contributed by atoms with Crippen LogP contribution in [0.4, 0.5) is 10.1 Å². The smallest absolute Gasteiger partial charge is 0.320 e. The molecule has 1 heterocycles. The Bertz CT molecular complexity index is 972. The van der Waals surface area contributed by atoms with Gasteiger partial charge in [0, 0.05) is 29.9 Å². The fourth-order valence-electron chi connectivity index (χ4n) is 3.48. The number of nitrogens with two attached hydrogens (primary N) is 2. The molecule has 6 N–H and O–H groups in total. The highest BCUT2D eigenvalue weighted by atomic mass is 19.1. The minimum absolute atomic E-state index is 0.0106. The molecule has 3 rings (SSSR count).